The van der Waals surface area contributed by atoms with Gasteiger partial charge in [-0.2, -0.15) is 0 Å². The van der Waals surface area contributed by atoms with Crippen molar-refractivity contribution < 1.29 is 2.85 Å². The number of rotatable bonds is 2. The Morgan fingerprint density at radius 2 is 1.90 bits per heavy atom. The Morgan fingerprint density at radius 3 is 2.40 bits per heavy atom. The summed E-state index contributed by atoms with van der Waals surface area (Å²) in [5.74, 6) is 0.983. The van der Waals surface area contributed by atoms with E-state index in [0.717, 1.165) is 5.92 Å². The van der Waals surface area contributed by atoms with Crippen molar-refractivity contribution in [1.29, 1.82) is 0 Å². The molecule has 0 radical (unpaired) electrons. The van der Waals surface area contributed by atoms with E-state index >= 15 is 0 Å². The van der Waals surface area contributed by atoms with E-state index in [1.807, 2.05) is 0 Å². The zero-order valence-electron chi connectivity index (χ0n) is 8.81. The first-order chi connectivity index (χ1) is 4.43. The van der Waals surface area contributed by atoms with Crippen molar-refractivity contribution in [2.45, 2.75) is 38.5 Å². The van der Waals surface area contributed by atoms with Crippen LogP contribution in [0.1, 0.15) is 41.4 Å². The number of allylic oxidation sites excluding steroid dienone is 1. The van der Waals surface area contributed by atoms with E-state index < -0.39 is 0 Å². The van der Waals surface area contributed by atoms with Crippen molar-refractivity contribution in [1.82, 2.24) is 0 Å². The van der Waals surface area contributed by atoms with Crippen LogP contribution in [0, 0.1) is 5.92 Å². The number of hydrogen-bond acceptors (Lipinski definition) is 0. The second kappa shape index (κ2) is 6.23. The van der Waals surface area contributed by atoms with Gasteiger partial charge in [-0.25, -0.2) is 0 Å². The van der Waals surface area contributed by atoms with E-state index in [-0.39, 0.29) is 25.9 Å². The van der Waals surface area contributed by atoms with Crippen molar-refractivity contribution in [2.75, 3.05) is 0 Å². The molecule has 1 heteroatoms. The minimum atomic E-state index is 0. The van der Waals surface area contributed by atoms with Crippen LogP contribution in [-0.2, 0) is 0 Å². The van der Waals surface area contributed by atoms with E-state index in [0.29, 0.717) is 0 Å². The van der Waals surface area contributed by atoms with Crippen molar-refractivity contribution in [3.63, 3.8) is 0 Å². The maximum atomic E-state index is 3.75. The monoisotopic (exact) mass is 150 g/mol. The molecule has 1 aliphatic rings. The Bertz CT molecular complexity index is 90.5. The molecule has 0 amide bonds. The van der Waals surface area contributed by atoms with Crippen molar-refractivity contribution >= 4 is 23.1 Å². The van der Waals surface area contributed by atoms with Crippen molar-refractivity contribution in [3.05, 3.63) is 12.7 Å². The fourth-order valence-electron chi connectivity index (χ4n) is 1.66. The standard InChI is InChI=1S/C9H16.Mg.2H/c1-2-6-9-7-4-3-5-8-9;;;/h2,9H,1,3-8H2;;;/q;+2;2*-1. The quantitative estimate of drug-likeness (QED) is 0.419. The third kappa shape index (κ3) is 3.62. The Kier molecular flexibility index (Phi) is 6.55. The van der Waals surface area contributed by atoms with Gasteiger partial charge in [0.1, 0.15) is 0 Å². The first-order valence-electron chi connectivity index (χ1n) is 4.04. The van der Waals surface area contributed by atoms with Crippen LogP contribution in [0.25, 0.3) is 0 Å². The molecular formula is C9H18Mg. The molecule has 0 saturated heterocycles. The van der Waals surface area contributed by atoms with Crippen molar-refractivity contribution in [3.8, 4) is 0 Å². The van der Waals surface area contributed by atoms with Crippen LogP contribution < -0.4 is 0 Å². The molecule has 0 heterocycles. The van der Waals surface area contributed by atoms with Gasteiger partial charge >= 0.3 is 23.1 Å². The fourth-order valence-corrected chi connectivity index (χ4v) is 1.66. The first-order valence-corrected chi connectivity index (χ1v) is 4.04. The number of hydrogen-bond donors (Lipinski definition) is 0. The van der Waals surface area contributed by atoms with Crippen LogP contribution in [0.15, 0.2) is 12.7 Å². The summed E-state index contributed by atoms with van der Waals surface area (Å²) in [4.78, 5) is 0. The van der Waals surface area contributed by atoms with Crippen LogP contribution in [-0.4, -0.2) is 23.1 Å². The molecule has 1 saturated carbocycles. The van der Waals surface area contributed by atoms with Gasteiger partial charge in [0.2, 0.25) is 0 Å². The summed E-state index contributed by atoms with van der Waals surface area (Å²) < 4.78 is 0. The molecule has 0 aromatic rings. The summed E-state index contributed by atoms with van der Waals surface area (Å²) in [5.41, 5.74) is 0. The second-order valence-electron chi connectivity index (χ2n) is 3.03. The zero-order chi connectivity index (χ0) is 6.53. The fraction of sp³-hybridized carbons (Fsp3) is 0.778. The molecule has 1 rings (SSSR count). The maximum Gasteiger partial charge on any atom is 2.00 e. The topological polar surface area (TPSA) is 0 Å². The molecule has 0 atom stereocenters. The molecule has 0 unspecified atom stereocenters. The van der Waals surface area contributed by atoms with Crippen LogP contribution in [0.4, 0.5) is 0 Å². The molecule has 1 aliphatic carbocycles. The molecule has 0 N–H and O–H groups in total. The normalized spacial score (nSPS) is 19.6. The average Bonchev–Trinajstić information content (AvgIpc) is 1.91. The van der Waals surface area contributed by atoms with Gasteiger partial charge in [0.25, 0.3) is 0 Å². The van der Waals surface area contributed by atoms with Crippen LogP contribution >= 0.6 is 0 Å². The van der Waals surface area contributed by atoms with Gasteiger partial charge in [-0.3, -0.25) is 0 Å². The Balaban J connectivity index is -0.000000270. The molecule has 10 heavy (non-hydrogen) atoms. The SMILES string of the molecule is C=CCC1CCCCC1.[H-].[H-].[Mg+2]. The Morgan fingerprint density at radius 1 is 1.30 bits per heavy atom. The van der Waals surface area contributed by atoms with E-state index in [4.69, 9.17) is 0 Å². The smallest absolute Gasteiger partial charge is 1.00 e. The zero-order valence-corrected chi connectivity index (χ0v) is 8.23. The van der Waals surface area contributed by atoms with Crippen LogP contribution in [0.5, 0.6) is 0 Å². The molecule has 0 nitrogen and oxygen atoms in total. The Labute approximate surface area is 83.2 Å². The van der Waals surface area contributed by atoms with Gasteiger partial charge in [-0.1, -0.05) is 38.2 Å². The summed E-state index contributed by atoms with van der Waals surface area (Å²) in [7, 11) is 0. The maximum absolute atomic E-state index is 3.75. The molecule has 0 aromatic heterocycles. The van der Waals surface area contributed by atoms with Gasteiger partial charge in [0.15, 0.2) is 0 Å². The van der Waals surface area contributed by atoms with Crippen LogP contribution in [0.2, 0.25) is 0 Å². The van der Waals surface area contributed by atoms with Gasteiger partial charge < -0.3 is 2.85 Å². The van der Waals surface area contributed by atoms with Crippen LogP contribution in [0.3, 0.4) is 0 Å². The molecule has 0 bridgehead atoms. The molecule has 1 fully saturated rings. The van der Waals surface area contributed by atoms with E-state index in [1.54, 1.807) is 0 Å². The van der Waals surface area contributed by atoms with Gasteiger partial charge in [-0.05, 0) is 12.3 Å². The Hall–Kier alpha value is 0.506. The predicted molar refractivity (Wildman–Crippen MR) is 49.4 cm³/mol. The minimum absolute atomic E-state index is 0. The summed E-state index contributed by atoms with van der Waals surface area (Å²) in [5, 5.41) is 0. The van der Waals surface area contributed by atoms with Gasteiger partial charge in [0, 0.05) is 0 Å². The molecular weight excluding hydrogens is 132 g/mol. The van der Waals surface area contributed by atoms with Gasteiger partial charge in [0.05, 0.1) is 0 Å². The summed E-state index contributed by atoms with van der Waals surface area (Å²) in [6.45, 7) is 3.75. The minimum Gasteiger partial charge on any atom is -1.00 e. The third-order valence-electron chi connectivity index (χ3n) is 2.22. The van der Waals surface area contributed by atoms with E-state index in [2.05, 4.69) is 12.7 Å². The summed E-state index contributed by atoms with van der Waals surface area (Å²) in [6.07, 6.45) is 10.6. The molecule has 0 aliphatic heterocycles. The molecule has 0 aromatic carbocycles. The summed E-state index contributed by atoms with van der Waals surface area (Å²) >= 11 is 0. The summed E-state index contributed by atoms with van der Waals surface area (Å²) in [6, 6.07) is 0. The first kappa shape index (κ1) is 10.5. The molecule has 0 spiro atoms. The van der Waals surface area contributed by atoms with E-state index in [1.165, 1.54) is 38.5 Å². The van der Waals surface area contributed by atoms with Gasteiger partial charge in [-0.15, -0.1) is 6.58 Å². The third-order valence-corrected chi connectivity index (χ3v) is 2.22. The van der Waals surface area contributed by atoms with E-state index in [9.17, 15) is 0 Å². The predicted octanol–water partition coefficient (Wildman–Crippen LogP) is 2.99. The molecule has 56 valence electrons. The average molecular weight is 151 g/mol. The largest absolute Gasteiger partial charge is 2.00 e. The second-order valence-corrected chi connectivity index (χ2v) is 3.03. The van der Waals surface area contributed by atoms with Crippen molar-refractivity contribution in [2.24, 2.45) is 5.92 Å².